The average molecular weight is 334 g/mol. The number of ether oxygens (including phenoxy) is 3. The molecule has 8 nitrogen and oxygen atoms in total. The number of carbonyl (C=O) groups is 1. The van der Waals surface area contributed by atoms with Crippen molar-refractivity contribution in [1.29, 1.82) is 0 Å². The van der Waals surface area contributed by atoms with E-state index in [9.17, 15) is 4.79 Å². The molecule has 0 atom stereocenters. The summed E-state index contributed by atoms with van der Waals surface area (Å²) in [6.07, 6.45) is 4.90. The summed E-state index contributed by atoms with van der Waals surface area (Å²) in [5.41, 5.74) is 0.386. The number of piperidine rings is 1. The Labute approximate surface area is 140 Å². The van der Waals surface area contributed by atoms with Crippen LogP contribution in [0.25, 0.3) is 0 Å². The first kappa shape index (κ1) is 15.7. The van der Waals surface area contributed by atoms with Gasteiger partial charge in [-0.2, -0.15) is 0 Å². The van der Waals surface area contributed by atoms with E-state index in [1.807, 2.05) is 0 Å². The molecule has 0 aromatic carbocycles. The lowest BCUT2D eigenvalue weighted by Gasteiger charge is -2.38. The van der Waals surface area contributed by atoms with Crippen LogP contribution in [0.15, 0.2) is 12.4 Å². The largest absolute Gasteiger partial charge is 0.378 e. The maximum absolute atomic E-state index is 12.4. The normalized spacial score (nSPS) is 23.7. The Bertz CT molecular complexity index is 572. The summed E-state index contributed by atoms with van der Waals surface area (Å²) in [4.78, 5) is 25.0. The van der Waals surface area contributed by atoms with Crippen LogP contribution in [-0.2, 0) is 14.2 Å². The standard InChI is InChI=1S/C16H22N4O4/c21-15(20-5-7-22-8-6-20)13-11-18-14(12-17-13)19-3-1-16(2-4-19)23-9-10-24-16/h11-12H,1-10H2. The molecule has 0 aliphatic carbocycles. The number of carbonyl (C=O) groups excluding carboxylic acids is 1. The van der Waals surface area contributed by atoms with Gasteiger partial charge in [-0.1, -0.05) is 0 Å². The molecule has 3 saturated heterocycles. The van der Waals surface area contributed by atoms with Gasteiger partial charge in [0.1, 0.15) is 11.5 Å². The van der Waals surface area contributed by atoms with Gasteiger partial charge in [-0.15, -0.1) is 0 Å². The van der Waals surface area contributed by atoms with Gasteiger partial charge in [0.2, 0.25) is 0 Å². The molecule has 0 N–H and O–H groups in total. The molecule has 3 aliphatic rings. The number of hydrogen-bond donors (Lipinski definition) is 0. The van der Waals surface area contributed by atoms with Crippen molar-refractivity contribution in [2.24, 2.45) is 0 Å². The molecular formula is C16H22N4O4. The lowest BCUT2D eigenvalue weighted by Crippen LogP contribution is -2.45. The van der Waals surface area contributed by atoms with E-state index < -0.39 is 5.79 Å². The second-order valence-corrected chi connectivity index (χ2v) is 6.26. The Hall–Kier alpha value is -1.77. The van der Waals surface area contributed by atoms with Crippen LogP contribution in [0.4, 0.5) is 5.82 Å². The molecule has 8 heteroatoms. The van der Waals surface area contributed by atoms with E-state index in [1.165, 1.54) is 0 Å². The molecule has 0 unspecified atom stereocenters. The molecule has 130 valence electrons. The van der Waals surface area contributed by atoms with Crippen LogP contribution in [-0.4, -0.2) is 79.2 Å². The van der Waals surface area contributed by atoms with Crippen LogP contribution in [0, 0.1) is 0 Å². The minimum atomic E-state index is -0.393. The number of nitrogens with zero attached hydrogens (tertiary/aromatic N) is 4. The van der Waals surface area contributed by atoms with Gasteiger partial charge in [0, 0.05) is 39.0 Å². The molecule has 1 aromatic rings. The van der Waals surface area contributed by atoms with Gasteiger partial charge in [0.15, 0.2) is 5.79 Å². The third-order valence-electron chi connectivity index (χ3n) is 4.82. The zero-order valence-electron chi connectivity index (χ0n) is 13.6. The summed E-state index contributed by atoms with van der Waals surface area (Å²) in [6.45, 7) is 5.36. The van der Waals surface area contributed by atoms with Crippen LogP contribution in [0.5, 0.6) is 0 Å². The zero-order chi connectivity index (χ0) is 16.4. The first-order valence-electron chi connectivity index (χ1n) is 8.48. The van der Waals surface area contributed by atoms with Crippen molar-refractivity contribution in [2.75, 3.05) is 57.5 Å². The predicted molar refractivity (Wildman–Crippen MR) is 84.8 cm³/mol. The van der Waals surface area contributed by atoms with E-state index in [0.29, 0.717) is 45.2 Å². The number of aromatic nitrogens is 2. The van der Waals surface area contributed by atoms with Crippen molar-refractivity contribution in [3.63, 3.8) is 0 Å². The van der Waals surface area contributed by atoms with Gasteiger partial charge < -0.3 is 24.0 Å². The van der Waals surface area contributed by atoms with E-state index in [0.717, 1.165) is 31.7 Å². The number of hydrogen-bond acceptors (Lipinski definition) is 7. The maximum atomic E-state index is 12.4. The monoisotopic (exact) mass is 334 g/mol. The van der Waals surface area contributed by atoms with Crippen molar-refractivity contribution in [3.05, 3.63) is 18.1 Å². The second kappa shape index (κ2) is 6.62. The summed E-state index contributed by atoms with van der Waals surface area (Å²) in [5.74, 6) is 0.319. The van der Waals surface area contributed by atoms with Crippen molar-refractivity contribution in [3.8, 4) is 0 Å². The average Bonchev–Trinajstić information content (AvgIpc) is 3.11. The lowest BCUT2D eigenvalue weighted by molar-refractivity contribution is -0.169. The Morgan fingerprint density at radius 2 is 1.67 bits per heavy atom. The van der Waals surface area contributed by atoms with E-state index in [1.54, 1.807) is 17.3 Å². The quantitative estimate of drug-likeness (QED) is 0.769. The van der Waals surface area contributed by atoms with E-state index in [4.69, 9.17) is 14.2 Å². The van der Waals surface area contributed by atoms with Crippen LogP contribution >= 0.6 is 0 Å². The highest BCUT2D eigenvalue weighted by atomic mass is 16.7. The summed E-state index contributed by atoms with van der Waals surface area (Å²) in [5, 5.41) is 0. The van der Waals surface area contributed by atoms with E-state index in [-0.39, 0.29) is 5.91 Å². The van der Waals surface area contributed by atoms with Gasteiger partial charge in [0.25, 0.3) is 5.91 Å². The molecule has 24 heavy (non-hydrogen) atoms. The Morgan fingerprint density at radius 3 is 2.29 bits per heavy atom. The summed E-state index contributed by atoms with van der Waals surface area (Å²) in [7, 11) is 0. The predicted octanol–water partition coefficient (Wildman–Crippen LogP) is 0.292. The molecule has 3 fully saturated rings. The fourth-order valence-corrected chi connectivity index (χ4v) is 3.39. The molecule has 4 heterocycles. The third kappa shape index (κ3) is 3.09. The molecular weight excluding hydrogens is 312 g/mol. The maximum Gasteiger partial charge on any atom is 0.274 e. The Kier molecular flexibility index (Phi) is 4.34. The molecule has 1 aromatic heterocycles. The SMILES string of the molecule is O=C(c1cnc(N2CCC3(CC2)OCCO3)cn1)N1CCOCC1. The topological polar surface area (TPSA) is 77.0 Å². The van der Waals surface area contributed by atoms with Gasteiger partial charge in [-0.3, -0.25) is 4.79 Å². The molecule has 3 aliphatic heterocycles. The zero-order valence-corrected chi connectivity index (χ0v) is 13.6. The lowest BCUT2D eigenvalue weighted by atomic mass is 10.0. The third-order valence-corrected chi connectivity index (χ3v) is 4.82. The summed E-state index contributed by atoms with van der Waals surface area (Å²) in [6, 6.07) is 0. The van der Waals surface area contributed by atoms with Gasteiger partial charge in [-0.25, -0.2) is 9.97 Å². The number of morpholine rings is 1. The first-order chi connectivity index (χ1) is 11.8. The van der Waals surface area contributed by atoms with Gasteiger partial charge in [0.05, 0.1) is 38.8 Å². The fourth-order valence-electron chi connectivity index (χ4n) is 3.39. The van der Waals surface area contributed by atoms with E-state index >= 15 is 0 Å². The molecule has 1 amide bonds. The summed E-state index contributed by atoms with van der Waals surface area (Å²) >= 11 is 0. The van der Waals surface area contributed by atoms with Crippen molar-refractivity contribution < 1.29 is 19.0 Å². The first-order valence-corrected chi connectivity index (χ1v) is 8.48. The van der Waals surface area contributed by atoms with Crippen LogP contribution in [0.1, 0.15) is 23.3 Å². The number of anilines is 1. The number of rotatable bonds is 2. The molecule has 0 saturated carbocycles. The molecule has 1 spiro atoms. The van der Waals surface area contributed by atoms with E-state index in [2.05, 4.69) is 14.9 Å². The van der Waals surface area contributed by atoms with Crippen molar-refractivity contribution in [2.45, 2.75) is 18.6 Å². The van der Waals surface area contributed by atoms with Crippen LogP contribution in [0.3, 0.4) is 0 Å². The Morgan fingerprint density at radius 1 is 0.958 bits per heavy atom. The fraction of sp³-hybridized carbons (Fsp3) is 0.688. The molecule has 0 bridgehead atoms. The van der Waals surface area contributed by atoms with Crippen LogP contribution < -0.4 is 4.90 Å². The highest BCUT2D eigenvalue weighted by Gasteiger charge is 2.40. The minimum absolute atomic E-state index is 0.0808. The smallest absolute Gasteiger partial charge is 0.274 e. The minimum Gasteiger partial charge on any atom is -0.378 e. The summed E-state index contributed by atoms with van der Waals surface area (Å²) < 4.78 is 16.7. The van der Waals surface area contributed by atoms with Gasteiger partial charge in [-0.05, 0) is 0 Å². The number of amides is 1. The van der Waals surface area contributed by atoms with Crippen molar-refractivity contribution >= 4 is 11.7 Å². The molecule has 4 rings (SSSR count). The van der Waals surface area contributed by atoms with Gasteiger partial charge >= 0.3 is 0 Å². The highest BCUT2D eigenvalue weighted by Crippen LogP contribution is 2.32. The Balaban J connectivity index is 1.38. The van der Waals surface area contributed by atoms with Crippen molar-refractivity contribution in [1.82, 2.24) is 14.9 Å². The molecule has 0 radical (unpaired) electrons. The second-order valence-electron chi connectivity index (χ2n) is 6.26. The highest BCUT2D eigenvalue weighted by molar-refractivity contribution is 5.92. The van der Waals surface area contributed by atoms with Crippen LogP contribution in [0.2, 0.25) is 0 Å².